The molecule has 0 heterocycles. The van der Waals surface area contributed by atoms with Gasteiger partial charge in [-0.3, -0.25) is 0 Å². The number of hydrogen-bond acceptors (Lipinski definition) is 2. The van der Waals surface area contributed by atoms with Crippen molar-refractivity contribution in [2.24, 2.45) is 11.8 Å². The minimum atomic E-state index is -0.207. The standard InChI is InChI=1S/C10H17NO/c1-2-3-4-5-10(12)9-6-8(9)7-11/h8-10,12H,2-6H2,1H3. The minimum absolute atomic E-state index is 0.154. The topological polar surface area (TPSA) is 44.0 Å². The maximum absolute atomic E-state index is 9.57. The molecule has 0 aromatic carbocycles. The van der Waals surface area contributed by atoms with Crippen LogP contribution >= 0.6 is 0 Å². The first-order chi connectivity index (χ1) is 5.79. The fourth-order valence-electron chi connectivity index (χ4n) is 1.61. The van der Waals surface area contributed by atoms with Crippen molar-refractivity contribution in [2.45, 2.75) is 45.1 Å². The highest BCUT2D eigenvalue weighted by molar-refractivity contribution is 5.03. The number of nitriles is 1. The quantitative estimate of drug-likeness (QED) is 0.637. The monoisotopic (exact) mass is 167 g/mol. The summed E-state index contributed by atoms with van der Waals surface area (Å²) in [7, 11) is 0. The second kappa shape index (κ2) is 4.47. The highest BCUT2D eigenvalue weighted by Gasteiger charge is 2.42. The summed E-state index contributed by atoms with van der Waals surface area (Å²) in [5.74, 6) is 0.452. The van der Waals surface area contributed by atoms with E-state index in [1.54, 1.807) is 0 Å². The summed E-state index contributed by atoms with van der Waals surface area (Å²) in [6.07, 6.45) is 5.09. The van der Waals surface area contributed by atoms with E-state index in [0.29, 0.717) is 5.92 Å². The van der Waals surface area contributed by atoms with Gasteiger partial charge in [0.15, 0.2) is 0 Å². The van der Waals surface area contributed by atoms with Crippen molar-refractivity contribution in [1.29, 1.82) is 5.26 Å². The van der Waals surface area contributed by atoms with Gasteiger partial charge in [0, 0.05) is 5.92 Å². The zero-order valence-electron chi connectivity index (χ0n) is 7.66. The van der Waals surface area contributed by atoms with Gasteiger partial charge < -0.3 is 5.11 Å². The van der Waals surface area contributed by atoms with Gasteiger partial charge in [0.25, 0.3) is 0 Å². The summed E-state index contributed by atoms with van der Waals surface area (Å²) in [4.78, 5) is 0. The summed E-state index contributed by atoms with van der Waals surface area (Å²) in [5, 5.41) is 18.1. The second-order valence-corrected chi connectivity index (χ2v) is 3.70. The maximum Gasteiger partial charge on any atom is 0.0659 e. The van der Waals surface area contributed by atoms with Crippen molar-refractivity contribution in [3.63, 3.8) is 0 Å². The van der Waals surface area contributed by atoms with Gasteiger partial charge >= 0.3 is 0 Å². The molecule has 1 aliphatic rings. The highest BCUT2D eigenvalue weighted by Crippen LogP contribution is 2.41. The van der Waals surface area contributed by atoms with Crippen LogP contribution in [0.2, 0.25) is 0 Å². The SMILES string of the molecule is CCCCCC(O)C1CC1C#N. The number of hydrogen-bond donors (Lipinski definition) is 1. The van der Waals surface area contributed by atoms with Gasteiger partial charge in [-0.1, -0.05) is 26.2 Å². The van der Waals surface area contributed by atoms with Crippen LogP contribution in [-0.4, -0.2) is 11.2 Å². The normalized spacial score (nSPS) is 29.4. The first kappa shape index (κ1) is 9.54. The van der Waals surface area contributed by atoms with Crippen LogP contribution in [0.5, 0.6) is 0 Å². The molecule has 1 fully saturated rings. The van der Waals surface area contributed by atoms with Crippen LogP contribution in [0.25, 0.3) is 0 Å². The molecular formula is C10H17NO. The smallest absolute Gasteiger partial charge is 0.0659 e. The first-order valence-electron chi connectivity index (χ1n) is 4.87. The van der Waals surface area contributed by atoms with E-state index in [9.17, 15) is 5.11 Å². The largest absolute Gasteiger partial charge is 0.393 e. The van der Waals surface area contributed by atoms with Crippen molar-refractivity contribution in [2.75, 3.05) is 0 Å². The van der Waals surface area contributed by atoms with E-state index in [2.05, 4.69) is 13.0 Å². The van der Waals surface area contributed by atoms with E-state index >= 15 is 0 Å². The minimum Gasteiger partial charge on any atom is -0.393 e. The highest BCUT2D eigenvalue weighted by atomic mass is 16.3. The van der Waals surface area contributed by atoms with Crippen molar-refractivity contribution in [3.8, 4) is 6.07 Å². The summed E-state index contributed by atoms with van der Waals surface area (Å²) in [5.41, 5.74) is 0. The lowest BCUT2D eigenvalue weighted by Crippen LogP contribution is -2.10. The van der Waals surface area contributed by atoms with E-state index in [0.717, 1.165) is 19.3 Å². The Morgan fingerprint density at radius 3 is 2.83 bits per heavy atom. The van der Waals surface area contributed by atoms with Crippen LogP contribution in [0.4, 0.5) is 0 Å². The molecule has 0 amide bonds. The molecule has 0 aromatic heterocycles. The lowest BCUT2D eigenvalue weighted by Gasteiger charge is -2.07. The summed E-state index contributed by atoms with van der Waals surface area (Å²) in [6, 6.07) is 2.20. The Balaban J connectivity index is 2.06. The third-order valence-electron chi connectivity index (χ3n) is 2.60. The van der Waals surface area contributed by atoms with Gasteiger partial charge in [-0.2, -0.15) is 5.26 Å². The third-order valence-corrected chi connectivity index (χ3v) is 2.60. The summed E-state index contributed by atoms with van der Waals surface area (Å²) >= 11 is 0. The van der Waals surface area contributed by atoms with Crippen LogP contribution in [0.15, 0.2) is 0 Å². The first-order valence-corrected chi connectivity index (χ1v) is 4.87. The maximum atomic E-state index is 9.57. The van der Waals surface area contributed by atoms with Crippen molar-refractivity contribution in [3.05, 3.63) is 0 Å². The average molecular weight is 167 g/mol. The van der Waals surface area contributed by atoms with Crippen LogP contribution in [0, 0.1) is 23.2 Å². The van der Waals surface area contributed by atoms with Gasteiger partial charge in [0.1, 0.15) is 0 Å². The van der Waals surface area contributed by atoms with Gasteiger partial charge in [-0.25, -0.2) is 0 Å². The number of aliphatic hydroxyl groups excluding tert-OH is 1. The average Bonchev–Trinajstić information content (AvgIpc) is 2.83. The van der Waals surface area contributed by atoms with E-state index in [1.807, 2.05) is 0 Å². The lowest BCUT2D eigenvalue weighted by atomic mass is 10.1. The Bertz CT molecular complexity index is 173. The molecule has 3 unspecified atom stereocenters. The van der Waals surface area contributed by atoms with Crippen molar-refractivity contribution >= 4 is 0 Å². The molecule has 1 rings (SSSR count). The molecule has 0 aromatic rings. The Morgan fingerprint density at radius 2 is 2.33 bits per heavy atom. The summed E-state index contributed by atoms with van der Waals surface area (Å²) < 4.78 is 0. The third kappa shape index (κ3) is 2.49. The fraction of sp³-hybridized carbons (Fsp3) is 0.900. The van der Waals surface area contributed by atoms with Gasteiger partial charge in [0.2, 0.25) is 0 Å². The van der Waals surface area contributed by atoms with Crippen molar-refractivity contribution < 1.29 is 5.11 Å². The number of unbranched alkanes of at least 4 members (excludes halogenated alkanes) is 2. The van der Waals surface area contributed by atoms with Gasteiger partial charge in [-0.05, 0) is 12.8 Å². The molecule has 0 aliphatic heterocycles. The Kier molecular flexibility index (Phi) is 3.55. The van der Waals surface area contributed by atoms with E-state index in [4.69, 9.17) is 5.26 Å². The molecule has 68 valence electrons. The molecular weight excluding hydrogens is 150 g/mol. The Labute approximate surface area is 74.2 Å². The molecule has 1 saturated carbocycles. The molecule has 3 atom stereocenters. The summed E-state index contributed by atoms with van der Waals surface area (Å²) in [6.45, 7) is 2.15. The van der Waals surface area contributed by atoms with Crippen LogP contribution in [0.1, 0.15) is 39.0 Å². The molecule has 2 nitrogen and oxygen atoms in total. The molecule has 12 heavy (non-hydrogen) atoms. The molecule has 0 saturated heterocycles. The van der Waals surface area contributed by atoms with Crippen LogP contribution in [-0.2, 0) is 0 Å². The van der Waals surface area contributed by atoms with E-state index < -0.39 is 0 Å². The van der Waals surface area contributed by atoms with Crippen LogP contribution in [0.3, 0.4) is 0 Å². The van der Waals surface area contributed by atoms with Crippen LogP contribution < -0.4 is 0 Å². The Morgan fingerprint density at radius 1 is 1.58 bits per heavy atom. The predicted molar refractivity (Wildman–Crippen MR) is 47.4 cm³/mol. The zero-order valence-corrected chi connectivity index (χ0v) is 7.66. The molecule has 1 aliphatic carbocycles. The van der Waals surface area contributed by atoms with E-state index in [-0.39, 0.29) is 12.0 Å². The molecule has 0 spiro atoms. The number of nitrogens with zero attached hydrogens (tertiary/aromatic N) is 1. The van der Waals surface area contributed by atoms with Crippen molar-refractivity contribution in [1.82, 2.24) is 0 Å². The molecule has 0 radical (unpaired) electrons. The number of rotatable bonds is 5. The molecule has 2 heteroatoms. The zero-order chi connectivity index (χ0) is 8.97. The van der Waals surface area contributed by atoms with E-state index in [1.165, 1.54) is 12.8 Å². The lowest BCUT2D eigenvalue weighted by molar-refractivity contribution is 0.135. The van der Waals surface area contributed by atoms with Gasteiger partial charge in [0.05, 0.1) is 18.1 Å². The fourth-order valence-corrected chi connectivity index (χ4v) is 1.61. The molecule has 0 bridgehead atoms. The second-order valence-electron chi connectivity index (χ2n) is 3.70. The Hall–Kier alpha value is -0.550. The number of aliphatic hydroxyl groups is 1. The van der Waals surface area contributed by atoms with Gasteiger partial charge in [-0.15, -0.1) is 0 Å². The predicted octanol–water partition coefficient (Wildman–Crippen LogP) is 2.09. The molecule has 1 N–H and O–H groups in total.